The average molecular weight is 130 g/mol. The molecule has 0 aromatic heterocycles. The van der Waals surface area contributed by atoms with Gasteiger partial charge in [-0.15, -0.1) is 0 Å². The molecular weight excluding hydrogens is 116 g/mol. The molecule has 0 heterocycles. The van der Waals surface area contributed by atoms with Crippen LogP contribution in [-0.4, -0.2) is 25.4 Å². The second-order valence-electron chi connectivity index (χ2n) is 1.79. The molecule has 2 heteroatoms. The third kappa shape index (κ3) is 7.66. The molecule has 54 valence electrons. The van der Waals surface area contributed by atoms with Gasteiger partial charge in [-0.1, -0.05) is 12.2 Å². The summed E-state index contributed by atoms with van der Waals surface area (Å²) in [5, 5.41) is 8.30. The summed E-state index contributed by atoms with van der Waals surface area (Å²) < 4.78 is 4.83. The van der Waals surface area contributed by atoms with Crippen molar-refractivity contribution in [3.8, 4) is 0 Å². The van der Waals surface area contributed by atoms with Gasteiger partial charge in [-0.25, -0.2) is 0 Å². The molecule has 0 aliphatic carbocycles. The fourth-order valence-electron chi connectivity index (χ4n) is 0.538. The molecule has 0 spiro atoms. The van der Waals surface area contributed by atoms with Crippen molar-refractivity contribution in [1.29, 1.82) is 0 Å². The number of ether oxygens (including phenoxy) is 1. The van der Waals surface area contributed by atoms with E-state index >= 15 is 0 Å². The fraction of sp³-hybridized carbons (Fsp3) is 0.714. The van der Waals surface area contributed by atoms with Gasteiger partial charge >= 0.3 is 0 Å². The minimum Gasteiger partial charge on any atom is -0.392 e. The van der Waals surface area contributed by atoms with Crippen LogP contribution in [0.15, 0.2) is 12.2 Å². The van der Waals surface area contributed by atoms with Gasteiger partial charge in [0.05, 0.1) is 6.61 Å². The van der Waals surface area contributed by atoms with Gasteiger partial charge in [0.2, 0.25) is 0 Å². The molecule has 9 heavy (non-hydrogen) atoms. The zero-order valence-corrected chi connectivity index (χ0v) is 5.84. The maximum atomic E-state index is 8.30. The predicted octanol–water partition coefficient (Wildman–Crippen LogP) is 0.962. The van der Waals surface area contributed by atoms with Gasteiger partial charge < -0.3 is 9.84 Å². The van der Waals surface area contributed by atoms with Crippen LogP contribution in [0.5, 0.6) is 0 Å². The Kier molecular flexibility index (Phi) is 7.37. The zero-order chi connectivity index (χ0) is 6.95. The summed E-state index contributed by atoms with van der Waals surface area (Å²) in [7, 11) is 1.69. The van der Waals surface area contributed by atoms with E-state index in [0.29, 0.717) is 0 Å². The zero-order valence-electron chi connectivity index (χ0n) is 5.84. The van der Waals surface area contributed by atoms with Gasteiger partial charge in [-0.3, -0.25) is 0 Å². The van der Waals surface area contributed by atoms with E-state index in [1.54, 1.807) is 13.2 Å². The smallest absolute Gasteiger partial charge is 0.0612 e. The van der Waals surface area contributed by atoms with Crippen LogP contribution in [0.2, 0.25) is 0 Å². The van der Waals surface area contributed by atoms with Crippen molar-refractivity contribution in [3.63, 3.8) is 0 Å². The highest BCUT2D eigenvalue weighted by Crippen LogP contribution is 1.89. The van der Waals surface area contributed by atoms with Crippen LogP contribution >= 0.6 is 0 Å². The van der Waals surface area contributed by atoms with E-state index in [4.69, 9.17) is 9.84 Å². The molecule has 0 aromatic carbocycles. The first-order chi connectivity index (χ1) is 4.41. The maximum Gasteiger partial charge on any atom is 0.0612 e. The van der Waals surface area contributed by atoms with Gasteiger partial charge in [-0.05, 0) is 12.8 Å². The number of aliphatic hydroxyl groups is 1. The molecule has 0 unspecified atom stereocenters. The molecule has 0 saturated heterocycles. The number of unbranched alkanes of at least 4 members (excludes halogenated alkanes) is 1. The molecule has 0 atom stereocenters. The lowest BCUT2D eigenvalue weighted by molar-refractivity contribution is 0.195. The molecule has 0 aliphatic heterocycles. The number of rotatable bonds is 5. The Labute approximate surface area is 56.1 Å². The topological polar surface area (TPSA) is 29.5 Å². The molecule has 1 N–H and O–H groups in total. The Morgan fingerprint density at radius 3 is 2.78 bits per heavy atom. The molecule has 0 saturated carbocycles. The van der Waals surface area contributed by atoms with Crippen LogP contribution in [-0.2, 0) is 4.74 Å². The SMILES string of the molecule is COCCC/C=C\CO. The third-order valence-electron chi connectivity index (χ3n) is 0.991. The molecular formula is C7H14O2. The van der Waals surface area contributed by atoms with E-state index in [9.17, 15) is 0 Å². The summed E-state index contributed by atoms with van der Waals surface area (Å²) in [5.41, 5.74) is 0. The monoisotopic (exact) mass is 130 g/mol. The first-order valence-electron chi connectivity index (χ1n) is 3.16. The fourth-order valence-corrected chi connectivity index (χ4v) is 0.538. The summed E-state index contributed by atoms with van der Waals surface area (Å²) >= 11 is 0. The Bertz CT molecular complexity index is 69.3. The lowest BCUT2D eigenvalue weighted by Gasteiger charge is -1.91. The Hall–Kier alpha value is -0.340. The quantitative estimate of drug-likeness (QED) is 0.443. The first-order valence-corrected chi connectivity index (χ1v) is 3.16. The van der Waals surface area contributed by atoms with E-state index in [2.05, 4.69) is 0 Å². The van der Waals surface area contributed by atoms with Gasteiger partial charge in [0.15, 0.2) is 0 Å². The maximum absolute atomic E-state index is 8.30. The van der Waals surface area contributed by atoms with Crippen LogP contribution in [0.4, 0.5) is 0 Å². The van der Waals surface area contributed by atoms with Gasteiger partial charge in [0, 0.05) is 13.7 Å². The van der Waals surface area contributed by atoms with E-state index in [-0.39, 0.29) is 6.61 Å². The Morgan fingerprint density at radius 1 is 1.44 bits per heavy atom. The van der Waals surface area contributed by atoms with Crippen molar-refractivity contribution in [3.05, 3.63) is 12.2 Å². The summed E-state index contributed by atoms with van der Waals surface area (Å²) in [5.74, 6) is 0. The van der Waals surface area contributed by atoms with Crippen LogP contribution in [0.1, 0.15) is 12.8 Å². The summed E-state index contributed by atoms with van der Waals surface area (Å²) in [6, 6.07) is 0. The number of aliphatic hydroxyl groups excluding tert-OH is 1. The van der Waals surface area contributed by atoms with E-state index in [1.807, 2.05) is 6.08 Å². The van der Waals surface area contributed by atoms with Crippen molar-refractivity contribution in [2.75, 3.05) is 20.3 Å². The summed E-state index contributed by atoms with van der Waals surface area (Å²) in [6.07, 6.45) is 5.73. The molecule has 2 nitrogen and oxygen atoms in total. The second-order valence-corrected chi connectivity index (χ2v) is 1.79. The highest BCUT2D eigenvalue weighted by atomic mass is 16.5. The first kappa shape index (κ1) is 8.66. The van der Waals surface area contributed by atoms with Gasteiger partial charge in [0.1, 0.15) is 0 Å². The molecule has 0 fully saturated rings. The van der Waals surface area contributed by atoms with Crippen LogP contribution < -0.4 is 0 Å². The third-order valence-corrected chi connectivity index (χ3v) is 0.991. The van der Waals surface area contributed by atoms with E-state index in [0.717, 1.165) is 19.4 Å². The lowest BCUT2D eigenvalue weighted by atomic mass is 10.3. The molecule has 0 rings (SSSR count). The largest absolute Gasteiger partial charge is 0.392 e. The number of hydrogen-bond acceptors (Lipinski definition) is 2. The van der Waals surface area contributed by atoms with Gasteiger partial charge in [-0.2, -0.15) is 0 Å². The van der Waals surface area contributed by atoms with Crippen molar-refractivity contribution < 1.29 is 9.84 Å². The highest BCUT2D eigenvalue weighted by molar-refractivity contribution is 4.80. The second kappa shape index (κ2) is 7.66. The van der Waals surface area contributed by atoms with E-state index in [1.165, 1.54) is 0 Å². The normalized spacial score (nSPS) is 10.9. The number of hydrogen-bond donors (Lipinski definition) is 1. The predicted molar refractivity (Wildman–Crippen MR) is 37.3 cm³/mol. The minimum atomic E-state index is 0.146. The van der Waals surface area contributed by atoms with E-state index < -0.39 is 0 Å². The minimum absolute atomic E-state index is 0.146. The molecule has 0 amide bonds. The van der Waals surface area contributed by atoms with Crippen molar-refractivity contribution >= 4 is 0 Å². The Balaban J connectivity index is 2.82. The number of allylic oxidation sites excluding steroid dienone is 1. The van der Waals surface area contributed by atoms with Gasteiger partial charge in [0.25, 0.3) is 0 Å². The molecule has 0 aromatic rings. The Morgan fingerprint density at radius 2 is 2.22 bits per heavy atom. The number of methoxy groups -OCH3 is 1. The molecule has 0 bridgehead atoms. The van der Waals surface area contributed by atoms with Crippen molar-refractivity contribution in [1.82, 2.24) is 0 Å². The summed E-state index contributed by atoms with van der Waals surface area (Å²) in [6.45, 7) is 0.947. The van der Waals surface area contributed by atoms with Crippen molar-refractivity contribution in [2.24, 2.45) is 0 Å². The molecule has 0 radical (unpaired) electrons. The molecule has 0 aliphatic rings. The van der Waals surface area contributed by atoms with Crippen molar-refractivity contribution in [2.45, 2.75) is 12.8 Å². The van der Waals surface area contributed by atoms with Crippen LogP contribution in [0.25, 0.3) is 0 Å². The van der Waals surface area contributed by atoms with Crippen LogP contribution in [0.3, 0.4) is 0 Å². The summed E-state index contributed by atoms with van der Waals surface area (Å²) in [4.78, 5) is 0. The highest BCUT2D eigenvalue weighted by Gasteiger charge is 1.79. The standard InChI is InChI=1S/C7H14O2/c1-9-7-5-3-2-4-6-8/h2,4,8H,3,5-7H2,1H3/b4-2-. The average Bonchev–Trinajstić information content (AvgIpc) is 1.89. The van der Waals surface area contributed by atoms with Crippen LogP contribution in [0, 0.1) is 0 Å². The lowest BCUT2D eigenvalue weighted by Crippen LogP contribution is -1.85.